The van der Waals surface area contributed by atoms with E-state index >= 15 is 0 Å². The van der Waals surface area contributed by atoms with Gasteiger partial charge in [0.25, 0.3) is 0 Å². The van der Waals surface area contributed by atoms with Gasteiger partial charge in [-0.3, -0.25) is 9.78 Å². The average molecular weight is 231 g/mol. The van der Waals surface area contributed by atoms with Crippen molar-refractivity contribution < 1.29 is 4.79 Å². The molecule has 0 saturated carbocycles. The van der Waals surface area contributed by atoms with Crippen LogP contribution < -0.4 is 0 Å². The molecule has 0 N–H and O–H groups in total. The fraction of sp³-hybridized carbons (Fsp3) is 0.462. The highest BCUT2D eigenvalue weighted by Gasteiger charge is 2.31. The van der Waals surface area contributed by atoms with E-state index in [4.69, 9.17) is 0 Å². The number of pyridine rings is 1. The lowest BCUT2D eigenvalue weighted by Crippen LogP contribution is -2.30. The monoisotopic (exact) mass is 231 g/mol. The minimum atomic E-state index is -0.560. The Hall–Kier alpha value is -1.71. The third-order valence-corrected chi connectivity index (χ3v) is 3.31. The summed E-state index contributed by atoms with van der Waals surface area (Å²) in [6.45, 7) is 8.29. The number of ketones is 1. The van der Waals surface area contributed by atoms with Crippen LogP contribution >= 0.6 is 0 Å². The molecule has 17 heavy (non-hydrogen) atoms. The Morgan fingerprint density at radius 2 is 2.18 bits per heavy atom. The lowest BCUT2D eigenvalue weighted by molar-refractivity contribution is -0.121. The van der Waals surface area contributed by atoms with Crippen molar-refractivity contribution in [2.24, 2.45) is 0 Å². The molecular weight excluding hydrogens is 214 g/mol. The molecule has 2 aromatic heterocycles. The number of imidazole rings is 1. The van der Waals surface area contributed by atoms with Gasteiger partial charge in [-0.05, 0) is 33.8 Å². The zero-order valence-electron chi connectivity index (χ0n) is 10.7. The SMILES string of the molecule is CCn1c(C(C)(C)C(C)=O)nc2cnccc21. The molecule has 2 aromatic rings. The Kier molecular flexibility index (Phi) is 2.73. The van der Waals surface area contributed by atoms with Crippen LogP contribution in [0, 0.1) is 0 Å². The van der Waals surface area contributed by atoms with Gasteiger partial charge in [0, 0.05) is 12.7 Å². The van der Waals surface area contributed by atoms with Crippen LogP contribution in [0.3, 0.4) is 0 Å². The molecule has 0 fully saturated rings. The van der Waals surface area contributed by atoms with Crippen molar-refractivity contribution >= 4 is 16.8 Å². The van der Waals surface area contributed by atoms with E-state index in [9.17, 15) is 4.79 Å². The molecule has 4 nitrogen and oxygen atoms in total. The predicted molar refractivity (Wildman–Crippen MR) is 66.9 cm³/mol. The fourth-order valence-corrected chi connectivity index (χ4v) is 1.94. The third kappa shape index (κ3) is 1.73. The zero-order valence-corrected chi connectivity index (χ0v) is 10.7. The number of rotatable bonds is 3. The molecule has 0 spiro atoms. The summed E-state index contributed by atoms with van der Waals surface area (Å²) in [6, 6.07) is 1.94. The van der Waals surface area contributed by atoms with Crippen molar-refractivity contribution in [3.63, 3.8) is 0 Å². The van der Waals surface area contributed by atoms with E-state index in [0.29, 0.717) is 0 Å². The summed E-state index contributed by atoms with van der Waals surface area (Å²) in [5, 5.41) is 0. The van der Waals surface area contributed by atoms with Crippen LogP contribution in [0.2, 0.25) is 0 Å². The smallest absolute Gasteiger partial charge is 0.142 e. The highest BCUT2D eigenvalue weighted by molar-refractivity contribution is 5.87. The van der Waals surface area contributed by atoms with E-state index in [-0.39, 0.29) is 5.78 Å². The lowest BCUT2D eigenvalue weighted by Gasteiger charge is -2.21. The van der Waals surface area contributed by atoms with Crippen molar-refractivity contribution in [3.8, 4) is 0 Å². The maximum atomic E-state index is 11.7. The average Bonchev–Trinajstić information content (AvgIpc) is 2.67. The second kappa shape index (κ2) is 3.95. The van der Waals surface area contributed by atoms with Crippen molar-refractivity contribution in [2.75, 3.05) is 0 Å². The molecule has 0 unspecified atom stereocenters. The van der Waals surface area contributed by atoms with Crippen molar-refractivity contribution in [1.29, 1.82) is 0 Å². The molecular formula is C13H17N3O. The summed E-state index contributed by atoms with van der Waals surface area (Å²) in [5.41, 5.74) is 1.32. The van der Waals surface area contributed by atoms with Gasteiger partial charge >= 0.3 is 0 Å². The van der Waals surface area contributed by atoms with E-state index in [1.165, 1.54) is 0 Å². The molecule has 0 aromatic carbocycles. The topological polar surface area (TPSA) is 47.8 Å². The normalized spacial score (nSPS) is 12.0. The Morgan fingerprint density at radius 1 is 1.47 bits per heavy atom. The Morgan fingerprint density at radius 3 is 2.76 bits per heavy atom. The van der Waals surface area contributed by atoms with Gasteiger partial charge < -0.3 is 4.57 Å². The van der Waals surface area contributed by atoms with Gasteiger partial charge in [-0.1, -0.05) is 0 Å². The second-order valence-electron chi connectivity index (χ2n) is 4.73. The van der Waals surface area contributed by atoms with Crippen molar-refractivity contribution in [2.45, 2.75) is 39.7 Å². The summed E-state index contributed by atoms with van der Waals surface area (Å²) in [4.78, 5) is 20.4. The molecule has 2 heterocycles. The Bertz CT molecular complexity index is 569. The van der Waals surface area contributed by atoms with E-state index in [1.54, 1.807) is 19.3 Å². The molecule has 0 atom stereocenters. The first-order valence-corrected chi connectivity index (χ1v) is 5.80. The van der Waals surface area contributed by atoms with Gasteiger partial charge in [-0.2, -0.15) is 0 Å². The minimum absolute atomic E-state index is 0.121. The number of hydrogen-bond donors (Lipinski definition) is 0. The Balaban J connectivity index is 2.74. The summed E-state index contributed by atoms with van der Waals surface area (Å²) in [5.74, 6) is 0.936. The van der Waals surface area contributed by atoms with Crippen LogP contribution in [0.25, 0.3) is 11.0 Å². The maximum absolute atomic E-state index is 11.7. The molecule has 0 saturated heterocycles. The van der Waals surface area contributed by atoms with E-state index in [2.05, 4.69) is 21.5 Å². The first-order valence-electron chi connectivity index (χ1n) is 5.80. The summed E-state index contributed by atoms with van der Waals surface area (Å²) >= 11 is 0. The molecule has 0 aliphatic heterocycles. The van der Waals surface area contributed by atoms with Crippen molar-refractivity contribution in [3.05, 3.63) is 24.3 Å². The van der Waals surface area contributed by atoms with Gasteiger partial charge in [0.15, 0.2) is 0 Å². The zero-order chi connectivity index (χ0) is 12.6. The summed E-state index contributed by atoms with van der Waals surface area (Å²) in [7, 11) is 0. The van der Waals surface area contributed by atoms with E-state index in [0.717, 1.165) is 23.4 Å². The molecule has 0 amide bonds. The van der Waals surface area contributed by atoms with Gasteiger partial charge in [0.1, 0.15) is 17.1 Å². The molecule has 90 valence electrons. The number of carbonyl (C=O) groups excluding carboxylic acids is 1. The fourth-order valence-electron chi connectivity index (χ4n) is 1.94. The number of carbonyl (C=O) groups is 1. The minimum Gasteiger partial charge on any atom is -0.327 e. The van der Waals surface area contributed by atoms with E-state index in [1.807, 2.05) is 19.9 Å². The van der Waals surface area contributed by atoms with Crippen LogP contribution in [-0.4, -0.2) is 20.3 Å². The van der Waals surface area contributed by atoms with Gasteiger partial charge in [0.2, 0.25) is 0 Å². The van der Waals surface area contributed by atoms with E-state index < -0.39 is 5.41 Å². The number of aromatic nitrogens is 3. The number of aryl methyl sites for hydroxylation is 1. The number of fused-ring (bicyclic) bond motifs is 1. The van der Waals surface area contributed by atoms with Crippen LogP contribution in [-0.2, 0) is 16.8 Å². The maximum Gasteiger partial charge on any atom is 0.142 e. The van der Waals surface area contributed by atoms with Crippen LogP contribution in [0.15, 0.2) is 18.5 Å². The van der Waals surface area contributed by atoms with Crippen LogP contribution in [0.5, 0.6) is 0 Å². The molecule has 0 aliphatic rings. The van der Waals surface area contributed by atoms with Crippen LogP contribution in [0.4, 0.5) is 0 Å². The lowest BCUT2D eigenvalue weighted by atomic mass is 9.88. The molecule has 0 aliphatic carbocycles. The van der Waals surface area contributed by atoms with Gasteiger partial charge in [0.05, 0.1) is 17.1 Å². The highest BCUT2D eigenvalue weighted by atomic mass is 16.1. The standard InChI is InChI=1S/C13H17N3O/c1-5-16-11-6-7-14-8-10(11)15-12(16)13(3,4)9(2)17/h6-8H,5H2,1-4H3. The molecule has 4 heteroatoms. The molecule has 0 radical (unpaired) electrons. The number of nitrogens with zero attached hydrogens (tertiary/aromatic N) is 3. The summed E-state index contributed by atoms with van der Waals surface area (Å²) < 4.78 is 2.08. The van der Waals surface area contributed by atoms with Gasteiger partial charge in [-0.15, -0.1) is 0 Å². The quantitative estimate of drug-likeness (QED) is 0.814. The molecule has 2 rings (SSSR count). The third-order valence-electron chi connectivity index (χ3n) is 3.31. The Labute approximate surface area is 101 Å². The highest BCUT2D eigenvalue weighted by Crippen LogP contribution is 2.27. The largest absolute Gasteiger partial charge is 0.327 e. The first-order chi connectivity index (χ1) is 7.98. The summed E-state index contributed by atoms with van der Waals surface area (Å²) in [6.07, 6.45) is 3.49. The van der Waals surface area contributed by atoms with Crippen molar-refractivity contribution in [1.82, 2.24) is 14.5 Å². The second-order valence-corrected chi connectivity index (χ2v) is 4.73. The first kappa shape index (κ1) is 11.8. The number of Topliss-reactive ketones (excluding diaryl/α,β-unsaturated/α-hetero) is 1. The number of hydrogen-bond acceptors (Lipinski definition) is 3. The molecule has 0 bridgehead atoms. The van der Waals surface area contributed by atoms with Crippen LogP contribution in [0.1, 0.15) is 33.5 Å². The van der Waals surface area contributed by atoms with Gasteiger partial charge in [-0.25, -0.2) is 4.98 Å². The predicted octanol–water partition coefficient (Wildman–Crippen LogP) is 2.32.